The van der Waals surface area contributed by atoms with Crippen molar-refractivity contribution in [2.75, 3.05) is 47.9 Å². The molecule has 1 aliphatic rings. The summed E-state index contributed by atoms with van der Waals surface area (Å²) in [6.07, 6.45) is 1.15. The van der Waals surface area contributed by atoms with E-state index in [0.717, 1.165) is 26.1 Å². The Morgan fingerprint density at radius 1 is 1.38 bits per heavy atom. The fourth-order valence-corrected chi connectivity index (χ4v) is 3.65. The number of hydrogen-bond acceptors (Lipinski definition) is 5. The number of carboxylic acids is 1. The van der Waals surface area contributed by atoms with Crippen LogP contribution in [0, 0.1) is 5.41 Å². The highest BCUT2D eigenvalue weighted by Gasteiger charge is 2.33. The van der Waals surface area contributed by atoms with E-state index in [9.17, 15) is 9.90 Å². The predicted molar refractivity (Wildman–Crippen MR) is 93.1 cm³/mol. The van der Waals surface area contributed by atoms with Gasteiger partial charge in [0.15, 0.2) is 0 Å². The Bertz CT molecular complexity index is 605. The van der Waals surface area contributed by atoms with Crippen LogP contribution in [0.25, 0.3) is 0 Å². The number of likely N-dealkylation sites (tertiary alicyclic amines) is 1. The molecule has 0 aromatic heterocycles. The van der Waals surface area contributed by atoms with Crippen molar-refractivity contribution >= 4 is 5.97 Å². The molecule has 1 fully saturated rings. The van der Waals surface area contributed by atoms with Crippen LogP contribution in [0.3, 0.4) is 0 Å². The molecular formula is C18H28N2O4. The fourth-order valence-electron chi connectivity index (χ4n) is 3.65. The molecule has 1 unspecified atom stereocenters. The summed E-state index contributed by atoms with van der Waals surface area (Å²) in [5.41, 5.74) is 1.14. The zero-order valence-corrected chi connectivity index (χ0v) is 15.3. The van der Waals surface area contributed by atoms with E-state index >= 15 is 0 Å². The van der Waals surface area contributed by atoms with E-state index in [1.54, 1.807) is 19.2 Å². The average molecular weight is 336 g/mol. The van der Waals surface area contributed by atoms with Gasteiger partial charge in [-0.25, -0.2) is 4.79 Å². The second-order valence-electron chi connectivity index (χ2n) is 7.13. The lowest BCUT2D eigenvalue weighted by atomic mass is 9.89. The largest absolute Gasteiger partial charge is 0.497 e. The van der Waals surface area contributed by atoms with Gasteiger partial charge in [0.05, 0.1) is 19.8 Å². The van der Waals surface area contributed by atoms with Crippen LogP contribution in [0.5, 0.6) is 11.5 Å². The smallest absolute Gasteiger partial charge is 0.336 e. The highest BCUT2D eigenvalue weighted by molar-refractivity contribution is 5.91. The number of methoxy groups -OCH3 is 2. The van der Waals surface area contributed by atoms with E-state index < -0.39 is 5.97 Å². The number of hydrogen-bond donors (Lipinski definition) is 1. The Hall–Kier alpha value is -1.79. The van der Waals surface area contributed by atoms with Crippen molar-refractivity contribution < 1.29 is 19.4 Å². The minimum atomic E-state index is -0.970. The van der Waals surface area contributed by atoms with Gasteiger partial charge in [-0.15, -0.1) is 0 Å². The normalized spacial score (nSPS) is 21.2. The molecule has 6 heteroatoms. The minimum Gasteiger partial charge on any atom is -0.497 e. The van der Waals surface area contributed by atoms with Gasteiger partial charge in [0, 0.05) is 31.3 Å². The second-order valence-corrected chi connectivity index (χ2v) is 7.13. The highest BCUT2D eigenvalue weighted by atomic mass is 16.5. The van der Waals surface area contributed by atoms with Crippen molar-refractivity contribution in [1.29, 1.82) is 0 Å². The lowest BCUT2D eigenvalue weighted by Gasteiger charge is -2.30. The molecule has 0 spiro atoms. The number of ether oxygens (including phenoxy) is 2. The predicted octanol–water partition coefficient (Wildman–Crippen LogP) is 2.18. The van der Waals surface area contributed by atoms with Crippen LogP contribution in [-0.4, -0.2) is 68.8 Å². The van der Waals surface area contributed by atoms with Crippen LogP contribution in [0.4, 0.5) is 0 Å². The third-order valence-corrected chi connectivity index (χ3v) is 4.70. The molecule has 1 saturated heterocycles. The lowest BCUT2D eigenvalue weighted by molar-refractivity contribution is 0.0693. The van der Waals surface area contributed by atoms with E-state index in [2.05, 4.69) is 23.8 Å². The van der Waals surface area contributed by atoms with Gasteiger partial charge >= 0.3 is 5.97 Å². The summed E-state index contributed by atoms with van der Waals surface area (Å²) < 4.78 is 10.6. The van der Waals surface area contributed by atoms with Crippen molar-refractivity contribution in [1.82, 2.24) is 9.80 Å². The maximum atomic E-state index is 11.7. The SMILES string of the molecule is COc1cc(OC)c(CN(C)CC2(C)CCN(C)C2)c(C(=O)O)c1. The molecule has 0 saturated carbocycles. The third kappa shape index (κ3) is 4.19. The molecule has 1 aliphatic heterocycles. The second kappa shape index (κ2) is 7.40. The maximum absolute atomic E-state index is 11.7. The first-order valence-electron chi connectivity index (χ1n) is 8.13. The first kappa shape index (κ1) is 18.5. The summed E-state index contributed by atoms with van der Waals surface area (Å²) in [6, 6.07) is 3.29. The van der Waals surface area contributed by atoms with Crippen LogP contribution in [-0.2, 0) is 6.54 Å². The summed E-state index contributed by atoms with van der Waals surface area (Å²) in [6.45, 7) is 5.88. The molecule has 24 heavy (non-hydrogen) atoms. The first-order valence-corrected chi connectivity index (χ1v) is 8.13. The third-order valence-electron chi connectivity index (χ3n) is 4.70. The van der Waals surface area contributed by atoms with Gasteiger partial charge < -0.3 is 24.4 Å². The van der Waals surface area contributed by atoms with Crippen molar-refractivity contribution in [2.24, 2.45) is 5.41 Å². The zero-order valence-electron chi connectivity index (χ0n) is 15.3. The Kier molecular flexibility index (Phi) is 5.72. The Morgan fingerprint density at radius 3 is 2.58 bits per heavy atom. The van der Waals surface area contributed by atoms with Crippen LogP contribution in [0.15, 0.2) is 12.1 Å². The van der Waals surface area contributed by atoms with Gasteiger partial charge in [-0.1, -0.05) is 6.92 Å². The zero-order chi connectivity index (χ0) is 17.9. The van der Waals surface area contributed by atoms with E-state index in [-0.39, 0.29) is 11.0 Å². The van der Waals surface area contributed by atoms with E-state index in [0.29, 0.717) is 23.6 Å². The molecule has 1 N–H and O–H groups in total. The number of benzene rings is 1. The molecule has 0 amide bonds. The standard InChI is InChI=1S/C18H28N2O4/c1-18(6-7-19(2)11-18)12-20(3)10-15-14(17(21)22)8-13(23-4)9-16(15)24-5/h8-9H,6-7,10-12H2,1-5H3,(H,21,22). The number of aromatic carboxylic acids is 1. The molecule has 6 nitrogen and oxygen atoms in total. The number of carboxylic acid groups (broad SMARTS) is 1. The average Bonchev–Trinajstić information content (AvgIpc) is 2.85. The molecular weight excluding hydrogens is 308 g/mol. The number of nitrogens with zero attached hydrogens (tertiary/aromatic N) is 2. The molecule has 0 aliphatic carbocycles. The maximum Gasteiger partial charge on any atom is 0.336 e. The topological polar surface area (TPSA) is 62.2 Å². The Labute approximate surface area is 144 Å². The Morgan fingerprint density at radius 2 is 2.08 bits per heavy atom. The molecule has 1 heterocycles. The lowest BCUT2D eigenvalue weighted by Crippen LogP contribution is -2.35. The summed E-state index contributed by atoms with van der Waals surface area (Å²) in [5, 5.41) is 9.55. The highest BCUT2D eigenvalue weighted by Crippen LogP contribution is 2.33. The van der Waals surface area contributed by atoms with Crippen molar-refractivity contribution in [3.05, 3.63) is 23.3 Å². The van der Waals surface area contributed by atoms with Gasteiger partial charge in [-0.2, -0.15) is 0 Å². The molecule has 1 aromatic carbocycles. The molecule has 134 valence electrons. The summed E-state index contributed by atoms with van der Waals surface area (Å²) in [7, 11) is 7.24. The molecule has 2 rings (SSSR count). The minimum absolute atomic E-state index is 0.228. The number of carbonyl (C=O) groups is 1. The van der Waals surface area contributed by atoms with Crippen molar-refractivity contribution in [2.45, 2.75) is 19.9 Å². The molecule has 0 radical (unpaired) electrons. The first-order chi connectivity index (χ1) is 11.3. The quantitative estimate of drug-likeness (QED) is 0.823. The van der Waals surface area contributed by atoms with Crippen molar-refractivity contribution in [3.8, 4) is 11.5 Å². The van der Waals surface area contributed by atoms with Crippen LogP contribution in [0.1, 0.15) is 29.3 Å². The van der Waals surface area contributed by atoms with E-state index in [1.807, 2.05) is 7.05 Å². The van der Waals surface area contributed by atoms with E-state index in [1.165, 1.54) is 7.11 Å². The van der Waals surface area contributed by atoms with Gasteiger partial charge in [-0.05, 0) is 38.5 Å². The van der Waals surface area contributed by atoms with Gasteiger partial charge in [-0.3, -0.25) is 0 Å². The monoisotopic (exact) mass is 336 g/mol. The Balaban J connectivity index is 2.22. The molecule has 1 atom stereocenters. The van der Waals surface area contributed by atoms with Crippen LogP contribution >= 0.6 is 0 Å². The molecule has 1 aromatic rings. The van der Waals surface area contributed by atoms with Gasteiger partial charge in [0.25, 0.3) is 0 Å². The summed E-state index contributed by atoms with van der Waals surface area (Å²) >= 11 is 0. The van der Waals surface area contributed by atoms with Crippen LogP contribution in [0.2, 0.25) is 0 Å². The van der Waals surface area contributed by atoms with E-state index in [4.69, 9.17) is 9.47 Å². The summed E-state index contributed by atoms with van der Waals surface area (Å²) in [5.74, 6) is 0.0646. The number of rotatable bonds is 7. The van der Waals surface area contributed by atoms with Crippen LogP contribution < -0.4 is 9.47 Å². The fraction of sp³-hybridized carbons (Fsp3) is 0.611. The molecule has 0 bridgehead atoms. The van der Waals surface area contributed by atoms with Gasteiger partial charge in [0.1, 0.15) is 11.5 Å². The van der Waals surface area contributed by atoms with Crippen molar-refractivity contribution in [3.63, 3.8) is 0 Å². The van der Waals surface area contributed by atoms with Gasteiger partial charge in [0.2, 0.25) is 0 Å². The summed E-state index contributed by atoms with van der Waals surface area (Å²) in [4.78, 5) is 16.2.